The first kappa shape index (κ1) is 59.7. The molecule has 0 aliphatic rings. The third kappa shape index (κ3) is 15.2. The monoisotopic (exact) mass is 1150 g/mol. The van der Waals surface area contributed by atoms with E-state index < -0.39 is 46.6 Å². The van der Waals surface area contributed by atoms with Gasteiger partial charge in [-0.05, 0) is 136 Å². The topological polar surface area (TPSA) is 148 Å². The number of nitrogens with one attached hydrogen (secondary N) is 4. The molecule has 5 aromatic rings. The Bertz CT molecular complexity index is 2700. The molecule has 0 bridgehead atoms. The lowest BCUT2D eigenvalue weighted by molar-refractivity contribution is -0.124. The van der Waals surface area contributed by atoms with Crippen LogP contribution in [0.5, 0.6) is 0 Å². The van der Waals surface area contributed by atoms with Gasteiger partial charge in [0.15, 0.2) is 16.6 Å². The summed E-state index contributed by atoms with van der Waals surface area (Å²) in [7, 11) is -4.30. The Labute approximate surface area is 443 Å². The van der Waals surface area contributed by atoms with Crippen molar-refractivity contribution in [1.82, 2.24) is 21.0 Å². The van der Waals surface area contributed by atoms with E-state index in [0.29, 0.717) is 50.0 Å². The second-order valence-electron chi connectivity index (χ2n) is 19.7. The fraction of sp³-hybridized carbons (Fsp3) is 0.412. The molecule has 0 aliphatic heterocycles. The molecule has 0 spiro atoms. The van der Waals surface area contributed by atoms with Gasteiger partial charge < -0.3 is 23.9 Å². The average Bonchev–Trinajstić information content (AvgIpc) is 3.76. The number of aromatic nitrogens is 2. The summed E-state index contributed by atoms with van der Waals surface area (Å²) in [5.41, 5.74) is 9.81. The largest absolute Gasteiger partial charge is 0.418 e. The molecule has 0 unspecified atom stereocenters. The van der Waals surface area contributed by atoms with Gasteiger partial charge >= 0.3 is 0 Å². The standard InChI is InChI=1S/C25H32BrClN4O3Si.C25H30BrClN4O2Si.CH4/c1-15-19(13-14-20(28-6)21(15)27)29-22(16(2)34-35(7,8)25(3,4)5)24(33)31-30-23(32)17-9-11-18(26)12-10-17;1-15-19(13-14-20(28-6)21(15)27)29-22(16(2)33-34(7,8)25(3,4)5)24-31-30-23(32-24)17-9-11-18(26)12-10-17;/h9-14,16,22,29H,1-5,7-8H3,(H,30,32)(H,31,33);9-14,16,22,29H,1-5,7-8H3;1H4/t2*16-,22+;/m00./s1. The van der Waals surface area contributed by atoms with E-state index in [-0.39, 0.29) is 23.6 Å². The molecule has 2 amide bonds. The first-order valence-electron chi connectivity index (χ1n) is 22.2. The molecule has 0 aliphatic carbocycles. The zero-order valence-corrected chi connectivity index (χ0v) is 48.3. The number of carbonyl (C=O) groups excluding carboxylic acids is 2. The first-order valence-corrected chi connectivity index (χ1v) is 30.3. The maximum atomic E-state index is 13.3. The molecule has 4 atom stereocenters. The van der Waals surface area contributed by atoms with Gasteiger partial charge in [0.2, 0.25) is 23.2 Å². The zero-order valence-electron chi connectivity index (χ0n) is 41.6. The number of rotatable bonds is 14. The van der Waals surface area contributed by atoms with Crippen LogP contribution in [0.3, 0.4) is 0 Å². The Morgan fingerprint density at radius 3 is 1.59 bits per heavy atom. The van der Waals surface area contributed by atoms with E-state index in [1.54, 1.807) is 49.4 Å². The highest BCUT2D eigenvalue weighted by atomic mass is 79.9. The molecule has 19 heteroatoms. The van der Waals surface area contributed by atoms with Crippen LogP contribution in [0.1, 0.15) is 96.2 Å². The third-order valence-electron chi connectivity index (χ3n) is 12.6. The number of anilines is 2. The van der Waals surface area contributed by atoms with Crippen LogP contribution in [0.15, 0.2) is 86.2 Å². The van der Waals surface area contributed by atoms with Crippen LogP contribution in [0, 0.1) is 27.0 Å². The summed E-state index contributed by atoms with van der Waals surface area (Å²) in [5, 5.41) is 16.1. The SMILES string of the molecule is C.[C-]#[N+]c1ccc(N[C@@H](C(=O)NNC(=O)c2ccc(Br)cc2)[C@H](C)O[Si](C)(C)C(C)(C)C)c(C)c1Cl.[C-]#[N+]c1ccc(N[C@@H](c2nnc(-c3ccc(Br)cc3)o2)[C@H](C)O[Si](C)(C)C(C)(C)C)c(C)c1Cl. The fourth-order valence-electron chi connectivity index (χ4n) is 6.30. The minimum Gasteiger partial charge on any atom is -0.418 e. The Kier molecular flexibility index (Phi) is 21.1. The van der Waals surface area contributed by atoms with Crippen molar-refractivity contribution in [2.75, 3.05) is 10.6 Å². The lowest BCUT2D eigenvalue weighted by Gasteiger charge is -2.40. The van der Waals surface area contributed by atoms with Gasteiger partial charge in [0.1, 0.15) is 12.1 Å². The van der Waals surface area contributed by atoms with Crippen LogP contribution >= 0.6 is 55.1 Å². The van der Waals surface area contributed by atoms with Crippen molar-refractivity contribution in [3.8, 4) is 11.5 Å². The summed E-state index contributed by atoms with van der Waals surface area (Å²) in [4.78, 5) is 32.7. The second kappa shape index (κ2) is 24.7. The molecule has 70 heavy (non-hydrogen) atoms. The smallest absolute Gasteiger partial charge is 0.269 e. The van der Waals surface area contributed by atoms with Gasteiger partial charge in [0.05, 0.1) is 35.4 Å². The Morgan fingerprint density at radius 1 is 0.686 bits per heavy atom. The number of hydrogen-bond acceptors (Lipinski definition) is 9. The first-order chi connectivity index (χ1) is 32.0. The molecule has 0 saturated heterocycles. The quantitative estimate of drug-likeness (QED) is 0.0484. The number of amides is 2. The van der Waals surface area contributed by atoms with Crippen LogP contribution in [0.4, 0.5) is 22.7 Å². The van der Waals surface area contributed by atoms with Gasteiger partial charge in [-0.15, -0.1) is 10.2 Å². The van der Waals surface area contributed by atoms with Gasteiger partial charge in [-0.1, -0.05) is 116 Å². The van der Waals surface area contributed by atoms with E-state index in [1.165, 1.54) is 0 Å². The Hall–Kier alpha value is -4.57. The number of nitrogens with zero attached hydrogens (tertiary/aromatic N) is 4. The molecule has 0 saturated carbocycles. The predicted octanol–water partition coefficient (Wildman–Crippen LogP) is 15.8. The summed E-state index contributed by atoms with van der Waals surface area (Å²) < 4.78 is 21.1. The molecule has 1 heterocycles. The van der Waals surface area contributed by atoms with Crippen molar-refractivity contribution in [3.05, 3.63) is 137 Å². The van der Waals surface area contributed by atoms with Crippen molar-refractivity contribution in [1.29, 1.82) is 0 Å². The lowest BCUT2D eigenvalue weighted by Crippen LogP contribution is -2.55. The van der Waals surface area contributed by atoms with Crippen molar-refractivity contribution in [3.63, 3.8) is 0 Å². The van der Waals surface area contributed by atoms with Crippen LogP contribution in [-0.4, -0.2) is 56.9 Å². The summed E-state index contributed by atoms with van der Waals surface area (Å²) in [5.74, 6) is -0.0458. The van der Waals surface area contributed by atoms with E-state index in [2.05, 4.69) is 141 Å². The van der Waals surface area contributed by atoms with Gasteiger partial charge in [-0.2, -0.15) is 0 Å². The highest BCUT2D eigenvalue weighted by molar-refractivity contribution is 9.10. The lowest BCUT2D eigenvalue weighted by atomic mass is 10.1. The number of hydrogen-bond donors (Lipinski definition) is 4. The van der Waals surface area contributed by atoms with E-state index in [1.807, 2.05) is 51.1 Å². The number of halogens is 4. The van der Waals surface area contributed by atoms with Crippen molar-refractivity contribution >= 4 is 106 Å². The molecule has 4 aromatic carbocycles. The maximum absolute atomic E-state index is 13.3. The molecule has 0 radical (unpaired) electrons. The van der Waals surface area contributed by atoms with E-state index in [4.69, 9.17) is 49.6 Å². The van der Waals surface area contributed by atoms with E-state index in [0.717, 1.165) is 25.8 Å². The van der Waals surface area contributed by atoms with Gasteiger partial charge in [0.25, 0.3) is 11.8 Å². The van der Waals surface area contributed by atoms with Crippen molar-refractivity contribution in [2.24, 2.45) is 0 Å². The third-order valence-corrected chi connectivity index (χ3v) is 23.8. The highest BCUT2D eigenvalue weighted by Crippen LogP contribution is 2.42. The summed E-state index contributed by atoms with van der Waals surface area (Å²) in [6.07, 6.45) is -0.794. The summed E-state index contributed by atoms with van der Waals surface area (Å²) >= 11 is 19.6. The van der Waals surface area contributed by atoms with Crippen molar-refractivity contribution in [2.45, 2.75) is 137 Å². The maximum Gasteiger partial charge on any atom is 0.269 e. The molecule has 1 aromatic heterocycles. The molecule has 0 fully saturated rings. The predicted molar refractivity (Wildman–Crippen MR) is 298 cm³/mol. The molecule has 5 rings (SSSR count). The minimum absolute atomic E-state index is 0. The van der Waals surface area contributed by atoms with Crippen LogP contribution in [0.25, 0.3) is 21.1 Å². The summed E-state index contributed by atoms with van der Waals surface area (Å²) in [6, 6.07) is 20.1. The Morgan fingerprint density at radius 2 is 1.13 bits per heavy atom. The second-order valence-corrected chi connectivity index (χ2v) is 31.8. The minimum atomic E-state index is -2.21. The highest BCUT2D eigenvalue weighted by Gasteiger charge is 2.42. The van der Waals surface area contributed by atoms with Crippen LogP contribution in [-0.2, 0) is 13.6 Å². The Balaban J connectivity index is 0.000000365. The average molecular weight is 1160 g/mol. The molecular weight excluding hydrogens is 1090 g/mol. The van der Waals surface area contributed by atoms with E-state index >= 15 is 0 Å². The van der Waals surface area contributed by atoms with E-state index in [9.17, 15) is 9.59 Å². The zero-order chi connectivity index (χ0) is 51.8. The summed E-state index contributed by atoms with van der Waals surface area (Å²) in [6.45, 7) is 43.8. The van der Waals surface area contributed by atoms with Gasteiger partial charge in [-0.3, -0.25) is 20.4 Å². The van der Waals surface area contributed by atoms with Crippen LogP contribution < -0.4 is 21.5 Å². The van der Waals surface area contributed by atoms with Crippen LogP contribution in [0.2, 0.25) is 46.3 Å². The molecular formula is C51H66Br2Cl2N8O5Si2. The van der Waals surface area contributed by atoms with Gasteiger partial charge in [-0.25, -0.2) is 9.69 Å². The molecule has 376 valence electrons. The molecule has 13 nitrogen and oxygen atoms in total. The normalized spacial score (nSPS) is 13.4. The number of benzene rings is 4. The van der Waals surface area contributed by atoms with Crippen molar-refractivity contribution < 1.29 is 22.9 Å². The fourth-order valence-corrected chi connectivity index (χ4v) is 10.1. The number of hydrazine groups is 1. The molecule has 4 N–H and O–H groups in total. The van der Waals surface area contributed by atoms with Gasteiger partial charge in [0, 0.05) is 31.4 Å². The number of carbonyl (C=O) groups is 2.